The molecule has 0 aliphatic carbocycles. The van der Waals surface area contributed by atoms with Gasteiger partial charge in [-0.2, -0.15) is 0 Å². The van der Waals surface area contributed by atoms with E-state index in [2.05, 4.69) is 4.98 Å². The molecule has 0 atom stereocenters. The van der Waals surface area contributed by atoms with Gasteiger partial charge < -0.3 is 5.73 Å². The highest BCUT2D eigenvalue weighted by molar-refractivity contribution is 7.13. The fourth-order valence-corrected chi connectivity index (χ4v) is 2.26. The zero-order chi connectivity index (χ0) is 12.4. The third-order valence-electron chi connectivity index (χ3n) is 2.52. The molecule has 0 aliphatic heterocycles. The Labute approximate surface area is 104 Å². The average molecular weight is 248 g/mol. The van der Waals surface area contributed by atoms with Crippen LogP contribution in [0.3, 0.4) is 0 Å². The number of aromatic nitrogens is 1. The molecule has 1 aromatic heterocycles. The molecule has 0 bridgehead atoms. The summed E-state index contributed by atoms with van der Waals surface area (Å²) in [7, 11) is 0. The smallest absolute Gasteiger partial charge is 0.180 e. The standard InChI is InChI=1S/C13H13FN2S/c1-8-5-10(14)6-9(2)12(8)4-3-11-7-17-13(15)16-11/h3-7H,1-2H3,(H2,15,16)/b4-3+. The fraction of sp³-hybridized carbons (Fsp3) is 0.154. The van der Waals surface area contributed by atoms with Crippen LogP contribution in [0.2, 0.25) is 0 Å². The molecule has 2 nitrogen and oxygen atoms in total. The highest BCUT2D eigenvalue weighted by Gasteiger charge is 2.02. The Morgan fingerprint density at radius 1 is 1.24 bits per heavy atom. The number of nitrogens with two attached hydrogens (primary N) is 1. The first-order valence-corrected chi connectivity index (χ1v) is 6.10. The van der Waals surface area contributed by atoms with Crippen molar-refractivity contribution in [2.75, 3.05) is 5.73 Å². The van der Waals surface area contributed by atoms with E-state index in [9.17, 15) is 4.39 Å². The lowest BCUT2D eigenvalue weighted by Gasteiger charge is -2.04. The maximum absolute atomic E-state index is 13.1. The Hall–Kier alpha value is -1.68. The second kappa shape index (κ2) is 4.67. The minimum atomic E-state index is -0.199. The van der Waals surface area contributed by atoms with Crippen molar-refractivity contribution in [1.82, 2.24) is 4.98 Å². The zero-order valence-electron chi connectivity index (χ0n) is 9.70. The predicted molar refractivity (Wildman–Crippen MR) is 71.3 cm³/mol. The van der Waals surface area contributed by atoms with Crippen molar-refractivity contribution < 1.29 is 4.39 Å². The summed E-state index contributed by atoms with van der Waals surface area (Å²) in [5.41, 5.74) is 9.24. The van der Waals surface area contributed by atoms with E-state index in [4.69, 9.17) is 5.73 Å². The van der Waals surface area contributed by atoms with E-state index < -0.39 is 0 Å². The zero-order valence-corrected chi connectivity index (χ0v) is 10.5. The van der Waals surface area contributed by atoms with Crippen molar-refractivity contribution in [3.8, 4) is 0 Å². The van der Waals surface area contributed by atoms with Gasteiger partial charge in [0.2, 0.25) is 0 Å². The quantitative estimate of drug-likeness (QED) is 0.881. The van der Waals surface area contributed by atoms with E-state index >= 15 is 0 Å². The molecule has 0 saturated carbocycles. The second-order valence-corrected chi connectivity index (χ2v) is 4.79. The predicted octanol–water partition coefficient (Wildman–Crippen LogP) is 3.65. The number of aryl methyl sites for hydroxylation is 2. The highest BCUT2D eigenvalue weighted by Crippen LogP contribution is 2.20. The van der Waals surface area contributed by atoms with Gasteiger partial charge in [-0.3, -0.25) is 0 Å². The van der Waals surface area contributed by atoms with Crippen molar-refractivity contribution in [3.63, 3.8) is 0 Å². The van der Waals surface area contributed by atoms with E-state index in [0.29, 0.717) is 5.13 Å². The monoisotopic (exact) mass is 248 g/mol. The number of nitrogen functional groups attached to an aromatic ring is 1. The number of nitrogens with zero attached hydrogens (tertiary/aromatic N) is 1. The lowest BCUT2D eigenvalue weighted by molar-refractivity contribution is 0.625. The van der Waals surface area contributed by atoms with Gasteiger partial charge in [-0.1, -0.05) is 6.08 Å². The van der Waals surface area contributed by atoms with Crippen molar-refractivity contribution in [2.45, 2.75) is 13.8 Å². The Morgan fingerprint density at radius 3 is 2.41 bits per heavy atom. The van der Waals surface area contributed by atoms with E-state index in [0.717, 1.165) is 22.4 Å². The van der Waals surface area contributed by atoms with Gasteiger partial charge in [0.05, 0.1) is 5.69 Å². The van der Waals surface area contributed by atoms with Gasteiger partial charge in [0.15, 0.2) is 5.13 Å². The van der Waals surface area contributed by atoms with Gasteiger partial charge in [-0.05, 0) is 48.7 Å². The van der Waals surface area contributed by atoms with Crippen molar-refractivity contribution >= 4 is 28.6 Å². The normalized spacial score (nSPS) is 11.2. The number of benzene rings is 1. The van der Waals surface area contributed by atoms with Crippen LogP contribution in [0.15, 0.2) is 17.5 Å². The van der Waals surface area contributed by atoms with Gasteiger partial charge in [-0.25, -0.2) is 9.37 Å². The first-order valence-electron chi connectivity index (χ1n) is 5.22. The molecule has 2 aromatic rings. The third kappa shape index (κ3) is 2.71. The van der Waals surface area contributed by atoms with Crippen molar-refractivity contribution in [2.24, 2.45) is 0 Å². The molecule has 0 fully saturated rings. The van der Waals surface area contributed by atoms with Crippen molar-refractivity contribution in [1.29, 1.82) is 0 Å². The molecule has 1 heterocycles. The minimum absolute atomic E-state index is 0.199. The van der Waals surface area contributed by atoms with E-state index in [-0.39, 0.29) is 5.82 Å². The van der Waals surface area contributed by atoms with Crippen LogP contribution in [0.4, 0.5) is 9.52 Å². The minimum Gasteiger partial charge on any atom is -0.375 e. The van der Waals surface area contributed by atoms with Crippen molar-refractivity contribution in [3.05, 3.63) is 45.7 Å². The van der Waals surface area contributed by atoms with E-state index in [1.807, 2.05) is 31.4 Å². The lowest BCUT2D eigenvalue weighted by Crippen LogP contribution is -1.89. The summed E-state index contributed by atoms with van der Waals surface area (Å²) in [5.74, 6) is -0.199. The summed E-state index contributed by atoms with van der Waals surface area (Å²) in [4.78, 5) is 4.14. The maximum Gasteiger partial charge on any atom is 0.180 e. The molecule has 0 amide bonds. The number of anilines is 1. The van der Waals surface area contributed by atoms with E-state index in [1.54, 1.807) is 0 Å². The van der Waals surface area contributed by atoms with Crippen LogP contribution in [0.1, 0.15) is 22.4 Å². The Kier molecular flexibility index (Phi) is 3.24. The van der Waals surface area contributed by atoms with Gasteiger partial charge in [-0.15, -0.1) is 11.3 Å². The Morgan fingerprint density at radius 2 is 1.88 bits per heavy atom. The van der Waals surface area contributed by atoms with Crippen LogP contribution >= 0.6 is 11.3 Å². The van der Waals surface area contributed by atoms with Crippen LogP contribution in [0, 0.1) is 19.7 Å². The van der Waals surface area contributed by atoms with E-state index in [1.165, 1.54) is 23.5 Å². The van der Waals surface area contributed by atoms with Gasteiger partial charge in [0.1, 0.15) is 5.82 Å². The largest absolute Gasteiger partial charge is 0.375 e. The Bertz CT molecular complexity index is 550. The molecule has 1 aromatic carbocycles. The SMILES string of the molecule is Cc1cc(F)cc(C)c1/C=C/c1csc(N)n1. The molecule has 0 aliphatic rings. The molecule has 2 N–H and O–H groups in total. The third-order valence-corrected chi connectivity index (χ3v) is 3.21. The summed E-state index contributed by atoms with van der Waals surface area (Å²) in [5, 5.41) is 2.44. The molecule has 0 spiro atoms. The molecular weight excluding hydrogens is 235 g/mol. The summed E-state index contributed by atoms with van der Waals surface area (Å²) in [6.45, 7) is 3.79. The summed E-state index contributed by atoms with van der Waals surface area (Å²) in [6.07, 6.45) is 3.83. The second-order valence-electron chi connectivity index (χ2n) is 3.90. The first-order chi connectivity index (χ1) is 8.06. The van der Waals surface area contributed by atoms with Crippen LogP contribution < -0.4 is 5.73 Å². The van der Waals surface area contributed by atoms with Crippen LogP contribution in [0.5, 0.6) is 0 Å². The van der Waals surface area contributed by atoms with Gasteiger partial charge in [0.25, 0.3) is 0 Å². The molecule has 4 heteroatoms. The molecule has 0 unspecified atom stereocenters. The summed E-state index contributed by atoms with van der Waals surface area (Å²) < 4.78 is 13.1. The highest BCUT2D eigenvalue weighted by atomic mass is 32.1. The Balaban J connectivity index is 2.33. The molecular formula is C13H13FN2S. The lowest BCUT2D eigenvalue weighted by atomic mass is 10.0. The number of hydrogen-bond acceptors (Lipinski definition) is 3. The number of halogens is 1. The van der Waals surface area contributed by atoms with Crippen LogP contribution in [0.25, 0.3) is 12.2 Å². The molecule has 0 radical (unpaired) electrons. The molecule has 88 valence electrons. The average Bonchev–Trinajstić information content (AvgIpc) is 2.62. The van der Waals surface area contributed by atoms with Gasteiger partial charge in [0, 0.05) is 5.38 Å². The van der Waals surface area contributed by atoms with Gasteiger partial charge >= 0.3 is 0 Å². The maximum atomic E-state index is 13.1. The number of rotatable bonds is 2. The molecule has 2 rings (SSSR count). The topological polar surface area (TPSA) is 38.9 Å². The number of hydrogen-bond donors (Lipinski definition) is 1. The van der Waals surface area contributed by atoms with Crippen LogP contribution in [-0.2, 0) is 0 Å². The van der Waals surface area contributed by atoms with Crippen LogP contribution in [-0.4, -0.2) is 4.98 Å². The summed E-state index contributed by atoms with van der Waals surface area (Å²) in [6, 6.07) is 3.06. The number of thiazole rings is 1. The molecule has 0 saturated heterocycles. The fourth-order valence-electron chi connectivity index (χ4n) is 1.73. The first kappa shape index (κ1) is 11.8. The summed E-state index contributed by atoms with van der Waals surface area (Å²) >= 11 is 1.41. The molecule has 17 heavy (non-hydrogen) atoms.